The van der Waals surface area contributed by atoms with E-state index >= 15 is 0 Å². The number of hydrogen-bond donors (Lipinski definition) is 1. The van der Waals surface area contributed by atoms with Gasteiger partial charge in [0.15, 0.2) is 0 Å². The minimum atomic E-state index is 0.613. The highest BCUT2D eigenvalue weighted by Crippen LogP contribution is 2.13. The molecule has 1 aliphatic rings. The lowest BCUT2D eigenvalue weighted by molar-refractivity contribution is 0.152. The van der Waals surface area contributed by atoms with Crippen molar-refractivity contribution < 1.29 is 9.15 Å². The number of rotatable bonds is 5. The van der Waals surface area contributed by atoms with Crippen LogP contribution in [0.3, 0.4) is 0 Å². The Morgan fingerprint density at radius 3 is 3.00 bits per heavy atom. The third kappa shape index (κ3) is 3.96. The molecule has 1 aromatic rings. The first-order chi connectivity index (χ1) is 8.75. The lowest BCUT2D eigenvalue weighted by Crippen LogP contribution is -2.26. The van der Waals surface area contributed by atoms with Crippen molar-refractivity contribution in [3.05, 3.63) is 5.89 Å². The Balaban J connectivity index is 1.84. The van der Waals surface area contributed by atoms with Crippen LogP contribution in [-0.2, 0) is 11.3 Å². The van der Waals surface area contributed by atoms with Crippen molar-refractivity contribution in [2.75, 3.05) is 37.7 Å². The van der Waals surface area contributed by atoms with Crippen molar-refractivity contribution in [3.63, 3.8) is 0 Å². The van der Waals surface area contributed by atoms with Crippen molar-refractivity contribution in [3.8, 4) is 0 Å². The number of nitrogens with zero attached hydrogens (tertiary/aromatic N) is 3. The van der Waals surface area contributed by atoms with Crippen LogP contribution in [-0.4, -0.2) is 43.0 Å². The molecule has 0 saturated carbocycles. The van der Waals surface area contributed by atoms with Crippen LogP contribution in [0.15, 0.2) is 4.42 Å². The van der Waals surface area contributed by atoms with Crippen molar-refractivity contribution >= 4 is 6.01 Å². The van der Waals surface area contributed by atoms with Gasteiger partial charge in [-0.1, -0.05) is 18.9 Å². The van der Waals surface area contributed by atoms with Gasteiger partial charge in [-0.2, -0.15) is 0 Å². The zero-order valence-electron chi connectivity index (χ0n) is 11.2. The van der Waals surface area contributed by atoms with Gasteiger partial charge in [0.2, 0.25) is 5.89 Å². The second kappa shape index (κ2) is 6.70. The number of ether oxygens (including phenoxy) is 1. The van der Waals surface area contributed by atoms with Crippen LogP contribution >= 0.6 is 0 Å². The Morgan fingerprint density at radius 2 is 2.17 bits per heavy atom. The maximum atomic E-state index is 5.65. The molecule has 1 fully saturated rings. The largest absolute Gasteiger partial charge is 0.407 e. The molecule has 6 heteroatoms. The zero-order chi connectivity index (χ0) is 12.8. The van der Waals surface area contributed by atoms with E-state index in [4.69, 9.17) is 9.15 Å². The first-order valence-electron chi connectivity index (χ1n) is 6.61. The Kier molecular flexibility index (Phi) is 4.95. The third-order valence-corrected chi connectivity index (χ3v) is 2.78. The van der Waals surface area contributed by atoms with Crippen LogP contribution in [0.4, 0.5) is 6.01 Å². The molecule has 1 saturated heterocycles. The van der Waals surface area contributed by atoms with Gasteiger partial charge in [-0.3, -0.25) is 0 Å². The highest BCUT2D eigenvalue weighted by atomic mass is 16.5. The molecule has 0 aliphatic carbocycles. The zero-order valence-corrected chi connectivity index (χ0v) is 11.2. The summed E-state index contributed by atoms with van der Waals surface area (Å²) >= 11 is 0. The Morgan fingerprint density at radius 1 is 1.28 bits per heavy atom. The van der Waals surface area contributed by atoms with E-state index in [0.717, 1.165) is 39.3 Å². The molecule has 0 atom stereocenters. The first kappa shape index (κ1) is 13.3. The minimum Gasteiger partial charge on any atom is -0.407 e. The molecule has 102 valence electrons. The summed E-state index contributed by atoms with van der Waals surface area (Å²) < 4.78 is 11.0. The fraction of sp³-hybridized carbons (Fsp3) is 0.833. The van der Waals surface area contributed by atoms with Gasteiger partial charge in [-0.25, -0.2) is 0 Å². The second-order valence-corrected chi connectivity index (χ2v) is 4.96. The summed E-state index contributed by atoms with van der Waals surface area (Å²) in [7, 11) is 0. The molecule has 0 unspecified atom stereocenters. The molecule has 2 rings (SSSR count). The molecule has 0 amide bonds. The fourth-order valence-corrected chi connectivity index (χ4v) is 1.85. The molecule has 0 radical (unpaired) electrons. The molecule has 0 aromatic carbocycles. The fourth-order valence-electron chi connectivity index (χ4n) is 1.85. The normalized spacial score (nSPS) is 17.2. The predicted octanol–water partition coefficient (Wildman–Crippen LogP) is 1.04. The molecule has 1 N–H and O–H groups in total. The first-order valence-corrected chi connectivity index (χ1v) is 6.61. The van der Waals surface area contributed by atoms with Gasteiger partial charge in [0, 0.05) is 19.7 Å². The van der Waals surface area contributed by atoms with Crippen molar-refractivity contribution in [2.45, 2.75) is 26.8 Å². The molecule has 6 nitrogen and oxygen atoms in total. The van der Waals surface area contributed by atoms with Gasteiger partial charge in [0.25, 0.3) is 0 Å². The second-order valence-electron chi connectivity index (χ2n) is 4.96. The SMILES string of the molecule is CC(C)CNCc1nnc(N2CCCOCC2)o1. The minimum absolute atomic E-state index is 0.613. The lowest BCUT2D eigenvalue weighted by Gasteiger charge is -2.15. The highest BCUT2D eigenvalue weighted by molar-refractivity contribution is 5.23. The summed E-state index contributed by atoms with van der Waals surface area (Å²) in [5.74, 6) is 1.27. The van der Waals surface area contributed by atoms with Gasteiger partial charge >= 0.3 is 6.01 Å². The van der Waals surface area contributed by atoms with E-state index in [1.807, 2.05) is 0 Å². The van der Waals surface area contributed by atoms with Gasteiger partial charge in [0.1, 0.15) is 0 Å². The standard InChI is InChI=1S/C12H22N4O2/c1-10(2)8-13-9-11-14-15-12(18-11)16-4-3-6-17-7-5-16/h10,13H,3-9H2,1-2H3. The van der Waals surface area contributed by atoms with Crippen LogP contribution in [0, 0.1) is 5.92 Å². The quantitative estimate of drug-likeness (QED) is 0.847. The molecule has 18 heavy (non-hydrogen) atoms. The summed E-state index contributed by atoms with van der Waals surface area (Å²) in [4.78, 5) is 2.09. The summed E-state index contributed by atoms with van der Waals surface area (Å²) in [6, 6.07) is 0.613. The number of aromatic nitrogens is 2. The van der Waals surface area contributed by atoms with Crippen molar-refractivity contribution in [2.24, 2.45) is 5.92 Å². The molecular weight excluding hydrogens is 232 g/mol. The molecule has 1 aromatic heterocycles. The Bertz CT molecular complexity index is 346. The number of hydrogen-bond acceptors (Lipinski definition) is 6. The number of anilines is 1. The van der Waals surface area contributed by atoms with Crippen LogP contribution in [0.5, 0.6) is 0 Å². The molecule has 2 heterocycles. The van der Waals surface area contributed by atoms with E-state index in [0.29, 0.717) is 24.4 Å². The number of nitrogens with one attached hydrogen (secondary N) is 1. The van der Waals surface area contributed by atoms with Gasteiger partial charge in [0.05, 0.1) is 13.2 Å². The molecule has 0 bridgehead atoms. The summed E-state index contributed by atoms with van der Waals surface area (Å²) in [5, 5.41) is 11.4. The van der Waals surface area contributed by atoms with Gasteiger partial charge in [-0.15, -0.1) is 5.10 Å². The van der Waals surface area contributed by atoms with E-state index in [2.05, 4.69) is 34.3 Å². The van der Waals surface area contributed by atoms with Crippen molar-refractivity contribution in [1.82, 2.24) is 15.5 Å². The Labute approximate surface area is 108 Å². The average molecular weight is 254 g/mol. The lowest BCUT2D eigenvalue weighted by atomic mass is 10.2. The maximum Gasteiger partial charge on any atom is 0.318 e. The topological polar surface area (TPSA) is 63.4 Å². The predicted molar refractivity (Wildman–Crippen MR) is 68.5 cm³/mol. The smallest absolute Gasteiger partial charge is 0.318 e. The van der Waals surface area contributed by atoms with E-state index in [1.165, 1.54) is 0 Å². The van der Waals surface area contributed by atoms with E-state index in [-0.39, 0.29) is 0 Å². The third-order valence-electron chi connectivity index (χ3n) is 2.78. The molecule has 0 spiro atoms. The molecule has 1 aliphatic heterocycles. The average Bonchev–Trinajstić information content (AvgIpc) is 2.63. The summed E-state index contributed by atoms with van der Waals surface area (Å²) in [5.41, 5.74) is 0. The van der Waals surface area contributed by atoms with Crippen molar-refractivity contribution in [1.29, 1.82) is 0 Å². The monoisotopic (exact) mass is 254 g/mol. The van der Waals surface area contributed by atoms with E-state index in [9.17, 15) is 0 Å². The van der Waals surface area contributed by atoms with Crippen LogP contribution < -0.4 is 10.2 Å². The van der Waals surface area contributed by atoms with E-state index < -0.39 is 0 Å². The van der Waals surface area contributed by atoms with Crippen LogP contribution in [0.2, 0.25) is 0 Å². The summed E-state index contributed by atoms with van der Waals surface area (Å²) in [6.45, 7) is 9.20. The Hall–Kier alpha value is -1.14. The van der Waals surface area contributed by atoms with Gasteiger partial charge in [-0.05, 0) is 18.9 Å². The molecular formula is C12H22N4O2. The van der Waals surface area contributed by atoms with Crippen LogP contribution in [0.25, 0.3) is 0 Å². The van der Waals surface area contributed by atoms with E-state index in [1.54, 1.807) is 0 Å². The van der Waals surface area contributed by atoms with Crippen LogP contribution in [0.1, 0.15) is 26.2 Å². The summed E-state index contributed by atoms with van der Waals surface area (Å²) in [6.07, 6.45) is 1.00. The maximum absolute atomic E-state index is 5.65. The highest BCUT2D eigenvalue weighted by Gasteiger charge is 2.16. The van der Waals surface area contributed by atoms with Gasteiger partial charge < -0.3 is 19.4 Å².